The molecule has 0 amide bonds. The highest BCUT2D eigenvalue weighted by Crippen LogP contribution is 2.29. The van der Waals surface area contributed by atoms with Crippen molar-refractivity contribution in [2.45, 2.75) is 13.8 Å². The lowest BCUT2D eigenvalue weighted by Gasteiger charge is -2.12. The number of halogens is 1. The number of nitrogens with zero attached hydrogens (tertiary/aromatic N) is 2. The summed E-state index contributed by atoms with van der Waals surface area (Å²) in [6, 6.07) is 22.5. The van der Waals surface area contributed by atoms with Crippen molar-refractivity contribution < 1.29 is 0 Å². The average Bonchev–Trinajstić information content (AvgIpc) is 2.65. The Balaban J connectivity index is 1.85. The Morgan fingerprint density at radius 1 is 0.846 bits per heavy atom. The molecule has 0 spiro atoms. The Kier molecular flexibility index (Phi) is 4.43. The number of hydrogen-bond donors (Lipinski definition) is 1. The summed E-state index contributed by atoms with van der Waals surface area (Å²) in [5.74, 6) is 1.54. The van der Waals surface area contributed by atoms with Crippen molar-refractivity contribution in [1.82, 2.24) is 9.97 Å². The Morgan fingerprint density at radius 2 is 1.69 bits per heavy atom. The van der Waals surface area contributed by atoms with Gasteiger partial charge >= 0.3 is 0 Å². The second-order valence-corrected chi connectivity index (χ2v) is 7.23. The van der Waals surface area contributed by atoms with Crippen LogP contribution in [0.4, 0.5) is 11.5 Å². The standard InChI is InChI=1S/C22H18BrN3/c1-14-6-5-7-16(12-14)21-25-20-9-4-3-8-18(20)22(26-21)24-17-10-11-19(23)15(2)13-17/h3-13H,1-2H3,(H,24,25,26). The van der Waals surface area contributed by atoms with E-state index in [2.05, 4.69) is 53.3 Å². The summed E-state index contributed by atoms with van der Waals surface area (Å²) in [5, 5.41) is 4.47. The summed E-state index contributed by atoms with van der Waals surface area (Å²) in [6.07, 6.45) is 0. The van der Waals surface area contributed by atoms with Gasteiger partial charge in [0.25, 0.3) is 0 Å². The molecule has 128 valence electrons. The van der Waals surface area contributed by atoms with Crippen molar-refractivity contribution >= 4 is 38.3 Å². The maximum atomic E-state index is 4.83. The van der Waals surface area contributed by atoms with Crippen LogP contribution in [-0.4, -0.2) is 9.97 Å². The number of benzene rings is 3. The van der Waals surface area contributed by atoms with Crippen LogP contribution in [0.3, 0.4) is 0 Å². The molecule has 0 saturated heterocycles. The van der Waals surface area contributed by atoms with E-state index in [9.17, 15) is 0 Å². The minimum Gasteiger partial charge on any atom is -0.340 e. The lowest BCUT2D eigenvalue weighted by atomic mass is 10.1. The van der Waals surface area contributed by atoms with Crippen LogP contribution in [0.25, 0.3) is 22.3 Å². The van der Waals surface area contributed by atoms with Crippen LogP contribution in [0.1, 0.15) is 11.1 Å². The van der Waals surface area contributed by atoms with Crippen LogP contribution in [0.2, 0.25) is 0 Å². The molecule has 0 unspecified atom stereocenters. The third-order valence-electron chi connectivity index (χ3n) is 4.30. The Hall–Kier alpha value is -2.72. The van der Waals surface area contributed by atoms with Gasteiger partial charge in [0, 0.05) is 21.1 Å². The summed E-state index contributed by atoms with van der Waals surface area (Å²) >= 11 is 3.55. The molecule has 0 saturated carbocycles. The van der Waals surface area contributed by atoms with E-state index >= 15 is 0 Å². The van der Waals surface area contributed by atoms with E-state index in [1.807, 2.05) is 48.5 Å². The van der Waals surface area contributed by atoms with Crippen LogP contribution < -0.4 is 5.32 Å². The summed E-state index contributed by atoms with van der Waals surface area (Å²) in [4.78, 5) is 9.59. The monoisotopic (exact) mass is 403 g/mol. The van der Waals surface area contributed by atoms with Gasteiger partial charge < -0.3 is 5.32 Å². The van der Waals surface area contributed by atoms with Gasteiger partial charge in [0.15, 0.2) is 5.82 Å². The van der Waals surface area contributed by atoms with E-state index in [4.69, 9.17) is 9.97 Å². The Bertz CT molecular complexity index is 1110. The smallest absolute Gasteiger partial charge is 0.162 e. The average molecular weight is 404 g/mol. The maximum absolute atomic E-state index is 4.83. The number of nitrogens with one attached hydrogen (secondary N) is 1. The van der Waals surface area contributed by atoms with Crippen LogP contribution in [-0.2, 0) is 0 Å². The number of fused-ring (bicyclic) bond motifs is 1. The first-order chi connectivity index (χ1) is 12.6. The van der Waals surface area contributed by atoms with Crippen LogP contribution in [0.5, 0.6) is 0 Å². The lowest BCUT2D eigenvalue weighted by molar-refractivity contribution is 1.22. The Labute approximate surface area is 161 Å². The molecule has 0 radical (unpaired) electrons. The molecule has 0 aliphatic carbocycles. The third kappa shape index (κ3) is 3.33. The van der Waals surface area contributed by atoms with E-state index in [0.29, 0.717) is 0 Å². The van der Waals surface area contributed by atoms with E-state index in [1.54, 1.807) is 0 Å². The SMILES string of the molecule is Cc1cccc(-c2nc(Nc3ccc(Br)c(C)c3)c3ccccc3n2)c1. The maximum Gasteiger partial charge on any atom is 0.162 e. The summed E-state index contributed by atoms with van der Waals surface area (Å²) in [7, 11) is 0. The molecule has 0 atom stereocenters. The van der Waals surface area contributed by atoms with Crippen molar-refractivity contribution in [2.24, 2.45) is 0 Å². The first-order valence-corrected chi connectivity index (χ1v) is 9.26. The number of para-hydroxylation sites is 1. The highest BCUT2D eigenvalue weighted by atomic mass is 79.9. The van der Waals surface area contributed by atoms with Crippen molar-refractivity contribution in [1.29, 1.82) is 0 Å². The fraction of sp³-hybridized carbons (Fsp3) is 0.0909. The Morgan fingerprint density at radius 3 is 2.50 bits per heavy atom. The van der Waals surface area contributed by atoms with E-state index in [-0.39, 0.29) is 0 Å². The molecule has 0 bridgehead atoms. The molecule has 0 aliphatic rings. The molecule has 1 aromatic heterocycles. The second-order valence-electron chi connectivity index (χ2n) is 6.37. The second kappa shape index (κ2) is 6.89. The zero-order valence-corrected chi connectivity index (χ0v) is 16.2. The van der Waals surface area contributed by atoms with Crippen LogP contribution in [0, 0.1) is 13.8 Å². The molecule has 3 nitrogen and oxygen atoms in total. The molecular weight excluding hydrogens is 386 g/mol. The largest absolute Gasteiger partial charge is 0.340 e. The van der Waals surface area contributed by atoms with Crippen LogP contribution in [0.15, 0.2) is 71.2 Å². The highest BCUT2D eigenvalue weighted by Gasteiger charge is 2.10. The number of hydrogen-bond acceptors (Lipinski definition) is 3. The molecule has 0 fully saturated rings. The fourth-order valence-electron chi connectivity index (χ4n) is 2.94. The number of aromatic nitrogens is 2. The van der Waals surface area contributed by atoms with Gasteiger partial charge in [0.1, 0.15) is 5.82 Å². The quantitative estimate of drug-likeness (QED) is 0.428. The molecule has 1 heterocycles. The van der Waals surface area contributed by atoms with E-state index in [1.165, 1.54) is 11.1 Å². The van der Waals surface area contributed by atoms with Gasteiger partial charge in [-0.2, -0.15) is 0 Å². The summed E-state index contributed by atoms with van der Waals surface area (Å²) < 4.78 is 1.09. The normalized spacial score (nSPS) is 10.9. The fourth-order valence-corrected chi connectivity index (χ4v) is 3.19. The van der Waals surface area contributed by atoms with Gasteiger partial charge in [0.2, 0.25) is 0 Å². The molecule has 4 rings (SSSR count). The first-order valence-electron chi connectivity index (χ1n) is 8.47. The third-order valence-corrected chi connectivity index (χ3v) is 5.19. The zero-order chi connectivity index (χ0) is 18.1. The van der Waals surface area contributed by atoms with Gasteiger partial charge in [-0.1, -0.05) is 51.8 Å². The molecule has 4 heteroatoms. The molecule has 3 aromatic carbocycles. The topological polar surface area (TPSA) is 37.8 Å². The minimum atomic E-state index is 0.726. The van der Waals surface area contributed by atoms with Crippen molar-refractivity contribution in [3.63, 3.8) is 0 Å². The van der Waals surface area contributed by atoms with Crippen molar-refractivity contribution in [3.05, 3.63) is 82.3 Å². The van der Waals surface area contributed by atoms with E-state index < -0.39 is 0 Å². The minimum absolute atomic E-state index is 0.726. The molecular formula is C22H18BrN3. The lowest BCUT2D eigenvalue weighted by Crippen LogP contribution is -1.99. The number of aryl methyl sites for hydroxylation is 2. The highest BCUT2D eigenvalue weighted by molar-refractivity contribution is 9.10. The van der Waals surface area contributed by atoms with E-state index in [0.717, 1.165) is 38.3 Å². The number of rotatable bonds is 3. The van der Waals surface area contributed by atoms with Gasteiger partial charge in [-0.3, -0.25) is 0 Å². The number of anilines is 2. The van der Waals surface area contributed by atoms with Gasteiger partial charge in [-0.25, -0.2) is 9.97 Å². The molecule has 4 aromatic rings. The first kappa shape index (κ1) is 16.7. The molecule has 26 heavy (non-hydrogen) atoms. The van der Waals surface area contributed by atoms with Gasteiger partial charge in [-0.05, 0) is 55.8 Å². The predicted octanol–water partition coefficient (Wildman–Crippen LogP) is 6.42. The van der Waals surface area contributed by atoms with Crippen molar-refractivity contribution in [2.75, 3.05) is 5.32 Å². The van der Waals surface area contributed by atoms with Crippen molar-refractivity contribution in [3.8, 4) is 11.4 Å². The predicted molar refractivity (Wildman–Crippen MR) is 112 cm³/mol. The molecule has 0 aliphatic heterocycles. The van der Waals surface area contributed by atoms with Crippen LogP contribution >= 0.6 is 15.9 Å². The van der Waals surface area contributed by atoms with Gasteiger partial charge in [0.05, 0.1) is 5.52 Å². The summed E-state index contributed by atoms with van der Waals surface area (Å²) in [5.41, 5.74) is 5.32. The summed E-state index contributed by atoms with van der Waals surface area (Å²) in [6.45, 7) is 4.15. The molecule has 1 N–H and O–H groups in total. The zero-order valence-electron chi connectivity index (χ0n) is 14.6. The van der Waals surface area contributed by atoms with Gasteiger partial charge in [-0.15, -0.1) is 0 Å².